The third-order valence-corrected chi connectivity index (χ3v) is 7.78. The third kappa shape index (κ3) is 6.52. The van der Waals surface area contributed by atoms with Crippen molar-refractivity contribution in [2.45, 2.75) is 45.3 Å². The first-order valence-electron chi connectivity index (χ1n) is 14.7. The van der Waals surface area contributed by atoms with Crippen molar-refractivity contribution in [3.05, 3.63) is 108 Å². The van der Waals surface area contributed by atoms with Crippen LogP contribution in [-0.2, 0) is 19.5 Å². The molecular weight excluding hydrogens is 543 g/mol. The number of aryl methyl sites for hydroxylation is 1. The second-order valence-corrected chi connectivity index (χ2v) is 11.0. The molecule has 1 unspecified atom stereocenters. The number of rotatable bonds is 11. The number of hydrogen-bond donors (Lipinski definition) is 3. The SMILES string of the molecule is CCCN(Cc1cccc(O)c1)CC1CCc2nc(-c3ccc(F)cc3)c(-c3ccnc(NCc4ccc(O)cc4)n3)n21. The Hall–Kier alpha value is -4.76. The monoisotopic (exact) mass is 578 g/mol. The maximum Gasteiger partial charge on any atom is 0.223 e. The normalized spacial score (nSPS) is 14.3. The van der Waals surface area contributed by atoms with Gasteiger partial charge in [0.05, 0.1) is 17.1 Å². The van der Waals surface area contributed by atoms with Crippen LogP contribution in [0.15, 0.2) is 85.1 Å². The zero-order chi connectivity index (χ0) is 29.8. The molecule has 1 atom stereocenters. The van der Waals surface area contributed by atoms with E-state index in [4.69, 9.17) is 9.97 Å². The van der Waals surface area contributed by atoms with Gasteiger partial charge in [0.2, 0.25) is 5.95 Å². The molecule has 6 rings (SSSR count). The number of phenolic OH excluding ortho intramolecular Hbond substituents is 2. The lowest BCUT2D eigenvalue weighted by atomic mass is 10.1. The molecule has 0 bridgehead atoms. The number of anilines is 1. The summed E-state index contributed by atoms with van der Waals surface area (Å²) in [6, 6.07) is 23.0. The van der Waals surface area contributed by atoms with Gasteiger partial charge in [-0.15, -0.1) is 0 Å². The summed E-state index contributed by atoms with van der Waals surface area (Å²) in [6.45, 7) is 5.16. The fourth-order valence-electron chi connectivity index (χ4n) is 5.83. The van der Waals surface area contributed by atoms with E-state index in [1.54, 1.807) is 36.5 Å². The smallest absolute Gasteiger partial charge is 0.223 e. The lowest BCUT2D eigenvalue weighted by Gasteiger charge is -2.27. The maximum atomic E-state index is 13.9. The van der Waals surface area contributed by atoms with Crippen molar-refractivity contribution in [1.29, 1.82) is 0 Å². The Morgan fingerprint density at radius 2 is 1.77 bits per heavy atom. The minimum atomic E-state index is -0.292. The highest BCUT2D eigenvalue weighted by Crippen LogP contribution is 2.39. The van der Waals surface area contributed by atoms with E-state index in [9.17, 15) is 14.6 Å². The Bertz CT molecular complexity index is 1690. The van der Waals surface area contributed by atoms with Gasteiger partial charge < -0.3 is 20.1 Å². The Labute approximate surface area is 250 Å². The van der Waals surface area contributed by atoms with Gasteiger partial charge in [0.15, 0.2) is 0 Å². The highest BCUT2D eigenvalue weighted by molar-refractivity contribution is 5.78. The van der Waals surface area contributed by atoms with Crippen LogP contribution in [0.4, 0.5) is 10.3 Å². The Morgan fingerprint density at radius 1 is 0.953 bits per heavy atom. The van der Waals surface area contributed by atoms with Gasteiger partial charge in [-0.25, -0.2) is 19.3 Å². The van der Waals surface area contributed by atoms with Crippen molar-refractivity contribution in [1.82, 2.24) is 24.4 Å². The number of halogens is 1. The van der Waals surface area contributed by atoms with E-state index < -0.39 is 0 Å². The van der Waals surface area contributed by atoms with Gasteiger partial charge in [0.1, 0.15) is 23.1 Å². The quantitative estimate of drug-likeness (QED) is 0.163. The van der Waals surface area contributed by atoms with Crippen LogP contribution in [0.3, 0.4) is 0 Å². The van der Waals surface area contributed by atoms with Crippen LogP contribution in [0, 0.1) is 5.82 Å². The molecule has 220 valence electrons. The van der Waals surface area contributed by atoms with Crippen molar-refractivity contribution in [2.75, 3.05) is 18.4 Å². The molecule has 43 heavy (non-hydrogen) atoms. The summed E-state index contributed by atoms with van der Waals surface area (Å²) in [5, 5.41) is 22.9. The number of imidazole rings is 1. The number of nitrogens with one attached hydrogen (secondary N) is 1. The Morgan fingerprint density at radius 3 is 2.53 bits per heavy atom. The van der Waals surface area contributed by atoms with E-state index in [0.29, 0.717) is 12.5 Å². The van der Waals surface area contributed by atoms with E-state index in [-0.39, 0.29) is 23.4 Å². The lowest BCUT2D eigenvalue weighted by molar-refractivity contribution is 0.227. The molecular formula is C34H35FN6O2. The van der Waals surface area contributed by atoms with Crippen LogP contribution in [0.1, 0.15) is 42.8 Å². The first kappa shape index (κ1) is 28.4. The highest BCUT2D eigenvalue weighted by Gasteiger charge is 2.32. The van der Waals surface area contributed by atoms with Crippen LogP contribution in [-0.4, -0.2) is 47.7 Å². The molecule has 5 aromatic rings. The van der Waals surface area contributed by atoms with E-state index in [1.807, 2.05) is 36.4 Å². The summed E-state index contributed by atoms with van der Waals surface area (Å²) in [5.74, 6) is 1.68. The van der Waals surface area contributed by atoms with Crippen molar-refractivity contribution < 1.29 is 14.6 Å². The molecule has 9 heteroatoms. The molecule has 8 nitrogen and oxygen atoms in total. The van der Waals surface area contributed by atoms with Gasteiger partial charge in [-0.1, -0.05) is 31.2 Å². The fraction of sp³-hybridized carbons (Fsp3) is 0.265. The fourth-order valence-corrected chi connectivity index (χ4v) is 5.83. The van der Waals surface area contributed by atoms with Crippen LogP contribution < -0.4 is 5.32 Å². The van der Waals surface area contributed by atoms with E-state index in [0.717, 1.165) is 78.5 Å². The molecule has 2 aromatic heterocycles. The summed E-state index contributed by atoms with van der Waals surface area (Å²) in [5.41, 5.74) is 5.31. The molecule has 0 fully saturated rings. The number of fused-ring (bicyclic) bond motifs is 1. The van der Waals surface area contributed by atoms with Crippen LogP contribution in [0.2, 0.25) is 0 Å². The second-order valence-electron chi connectivity index (χ2n) is 11.0. The molecule has 3 heterocycles. The Balaban J connectivity index is 1.34. The Kier molecular flexibility index (Phi) is 8.33. The average molecular weight is 579 g/mol. The summed E-state index contributed by atoms with van der Waals surface area (Å²) < 4.78 is 16.2. The van der Waals surface area contributed by atoms with Gasteiger partial charge in [0.25, 0.3) is 0 Å². The minimum Gasteiger partial charge on any atom is -0.508 e. The number of aromatic hydroxyl groups is 2. The summed E-state index contributed by atoms with van der Waals surface area (Å²) in [4.78, 5) is 16.9. The van der Waals surface area contributed by atoms with Crippen molar-refractivity contribution >= 4 is 5.95 Å². The first-order valence-corrected chi connectivity index (χ1v) is 14.7. The molecule has 1 aliphatic heterocycles. The van der Waals surface area contributed by atoms with Gasteiger partial charge in [0, 0.05) is 43.9 Å². The average Bonchev–Trinajstić information content (AvgIpc) is 3.57. The van der Waals surface area contributed by atoms with Crippen LogP contribution in [0.5, 0.6) is 11.5 Å². The van der Waals surface area contributed by atoms with E-state index in [1.165, 1.54) is 12.1 Å². The predicted molar refractivity (Wildman–Crippen MR) is 165 cm³/mol. The molecule has 3 N–H and O–H groups in total. The van der Waals surface area contributed by atoms with Crippen molar-refractivity contribution in [3.8, 4) is 34.1 Å². The first-order chi connectivity index (χ1) is 21.0. The maximum absolute atomic E-state index is 13.9. The molecule has 1 aliphatic rings. The van der Waals surface area contributed by atoms with Crippen molar-refractivity contribution in [2.24, 2.45) is 0 Å². The topological polar surface area (TPSA) is 99.3 Å². The highest BCUT2D eigenvalue weighted by atomic mass is 19.1. The molecule has 0 aliphatic carbocycles. The lowest BCUT2D eigenvalue weighted by Crippen LogP contribution is -2.30. The molecule has 0 spiro atoms. The zero-order valence-corrected chi connectivity index (χ0v) is 24.1. The third-order valence-electron chi connectivity index (χ3n) is 7.78. The summed E-state index contributed by atoms with van der Waals surface area (Å²) >= 11 is 0. The van der Waals surface area contributed by atoms with E-state index in [2.05, 4.69) is 26.7 Å². The number of phenols is 2. The number of nitrogens with zero attached hydrogens (tertiary/aromatic N) is 5. The van der Waals surface area contributed by atoms with Crippen molar-refractivity contribution in [3.63, 3.8) is 0 Å². The number of hydrogen-bond acceptors (Lipinski definition) is 7. The molecule has 3 aromatic carbocycles. The van der Waals surface area contributed by atoms with Gasteiger partial charge in [-0.3, -0.25) is 4.90 Å². The molecule has 0 saturated heterocycles. The predicted octanol–water partition coefficient (Wildman–Crippen LogP) is 6.57. The number of aromatic nitrogens is 4. The summed E-state index contributed by atoms with van der Waals surface area (Å²) in [6.07, 6.45) is 4.54. The van der Waals surface area contributed by atoms with Crippen LogP contribution in [0.25, 0.3) is 22.6 Å². The van der Waals surface area contributed by atoms with Gasteiger partial charge in [-0.05, 0) is 85.1 Å². The standard InChI is InChI=1S/C34H35FN6O2/c1-2-18-40(21-24-4-3-5-29(43)19-24)22-27-12-15-31-39-32(25-8-10-26(35)11-9-25)33(41(27)31)30-16-17-36-34(38-30)37-20-23-6-13-28(42)14-7-23/h3-11,13-14,16-17,19,27,42-43H,2,12,15,18,20-22H2,1H3,(H,36,37,38). The molecule has 0 amide bonds. The van der Waals surface area contributed by atoms with Crippen LogP contribution >= 0.6 is 0 Å². The number of benzene rings is 3. The largest absolute Gasteiger partial charge is 0.508 e. The second kappa shape index (κ2) is 12.6. The minimum absolute atomic E-state index is 0.166. The van der Waals surface area contributed by atoms with E-state index >= 15 is 0 Å². The zero-order valence-electron chi connectivity index (χ0n) is 24.1. The molecule has 0 radical (unpaired) electrons. The summed E-state index contributed by atoms with van der Waals surface area (Å²) in [7, 11) is 0. The van der Waals surface area contributed by atoms with Gasteiger partial charge >= 0.3 is 0 Å². The van der Waals surface area contributed by atoms with Gasteiger partial charge in [-0.2, -0.15) is 0 Å². The molecule has 0 saturated carbocycles.